The van der Waals surface area contributed by atoms with Crippen molar-refractivity contribution in [2.75, 3.05) is 6.61 Å². The minimum absolute atomic E-state index is 0.0406. The molecule has 1 aromatic rings. The largest absolute Gasteiger partial charge is 0.373 e. The number of epoxide rings is 1. The van der Waals surface area contributed by atoms with Gasteiger partial charge in [-0.05, 0) is 12.1 Å². The van der Waals surface area contributed by atoms with Crippen LogP contribution in [0.15, 0.2) is 17.0 Å². The van der Waals surface area contributed by atoms with E-state index in [0.717, 1.165) is 6.07 Å². The van der Waals surface area contributed by atoms with Crippen LogP contribution in [0.2, 0.25) is 0 Å². The first-order valence-electron chi connectivity index (χ1n) is 4.45. The zero-order valence-electron chi connectivity index (χ0n) is 7.98. The van der Waals surface area contributed by atoms with E-state index in [1.165, 1.54) is 0 Å². The van der Waals surface area contributed by atoms with Gasteiger partial charge in [0.2, 0.25) is 0 Å². The molecule has 2 rings (SSSR count). The molecule has 1 aromatic carbocycles. The molecule has 1 fully saturated rings. The van der Waals surface area contributed by atoms with E-state index in [4.69, 9.17) is 9.29 Å². The van der Waals surface area contributed by atoms with Gasteiger partial charge in [0.05, 0.1) is 12.7 Å². The number of hydrogen-bond acceptors (Lipinski definition) is 3. The van der Waals surface area contributed by atoms with Gasteiger partial charge in [-0.1, -0.05) is 0 Å². The molecule has 88 valence electrons. The van der Waals surface area contributed by atoms with Crippen molar-refractivity contribution in [1.82, 2.24) is 0 Å². The van der Waals surface area contributed by atoms with Gasteiger partial charge in [-0.2, -0.15) is 8.42 Å². The van der Waals surface area contributed by atoms with E-state index in [1.54, 1.807) is 0 Å². The molecule has 0 amide bonds. The van der Waals surface area contributed by atoms with Crippen LogP contribution in [0.4, 0.5) is 8.78 Å². The van der Waals surface area contributed by atoms with Crippen LogP contribution in [-0.2, 0) is 21.3 Å². The summed E-state index contributed by atoms with van der Waals surface area (Å²) in [4.78, 5) is -0.912. The van der Waals surface area contributed by atoms with E-state index in [1.807, 2.05) is 0 Å². The van der Waals surface area contributed by atoms with Crippen molar-refractivity contribution in [1.29, 1.82) is 0 Å². The van der Waals surface area contributed by atoms with E-state index in [0.29, 0.717) is 12.7 Å². The summed E-state index contributed by atoms with van der Waals surface area (Å²) in [5.74, 6) is -2.10. The maximum absolute atomic E-state index is 13.6. The van der Waals surface area contributed by atoms with E-state index >= 15 is 0 Å². The Labute approximate surface area is 90.6 Å². The van der Waals surface area contributed by atoms with Crippen LogP contribution in [0.3, 0.4) is 0 Å². The molecule has 0 spiro atoms. The highest BCUT2D eigenvalue weighted by Gasteiger charge is 2.28. The van der Waals surface area contributed by atoms with Gasteiger partial charge in [-0.15, -0.1) is 0 Å². The van der Waals surface area contributed by atoms with Crippen molar-refractivity contribution in [2.24, 2.45) is 0 Å². The minimum Gasteiger partial charge on any atom is -0.373 e. The van der Waals surface area contributed by atoms with Gasteiger partial charge >= 0.3 is 0 Å². The van der Waals surface area contributed by atoms with Gasteiger partial charge in [0.25, 0.3) is 10.1 Å². The summed E-state index contributed by atoms with van der Waals surface area (Å²) in [5, 5.41) is 0. The smallest absolute Gasteiger partial charge is 0.297 e. The molecule has 4 nitrogen and oxygen atoms in total. The molecule has 1 aliphatic rings. The van der Waals surface area contributed by atoms with Crippen LogP contribution in [0.1, 0.15) is 5.56 Å². The Hall–Kier alpha value is -1.05. The van der Waals surface area contributed by atoms with E-state index < -0.39 is 26.6 Å². The summed E-state index contributed by atoms with van der Waals surface area (Å²) in [7, 11) is -4.67. The molecule has 0 radical (unpaired) electrons. The van der Waals surface area contributed by atoms with E-state index in [9.17, 15) is 17.2 Å². The summed E-state index contributed by atoms with van der Waals surface area (Å²) in [6.07, 6.45) is -0.318. The molecule has 0 aromatic heterocycles. The van der Waals surface area contributed by atoms with Crippen molar-refractivity contribution in [3.05, 3.63) is 29.3 Å². The van der Waals surface area contributed by atoms with Gasteiger partial charge < -0.3 is 4.74 Å². The van der Waals surface area contributed by atoms with Crippen LogP contribution in [-0.4, -0.2) is 25.7 Å². The molecule has 1 saturated heterocycles. The zero-order chi connectivity index (χ0) is 11.9. The molecular formula is C9H8F2O4S. The average molecular weight is 250 g/mol. The predicted molar refractivity (Wildman–Crippen MR) is 49.6 cm³/mol. The number of benzene rings is 1. The molecule has 0 saturated carbocycles. The number of hydrogen-bond donors (Lipinski definition) is 1. The Morgan fingerprint density at radius 1 is 1.44 bits per heavy atom. The third-order valence-corrected chi connectivity index (χ3v) is 3.13. The highest BCUT2D eigenvalue weighted by atomic mass is 32.2. The van der Waals surface area contributed by atoms with Crippen LogP contribution in [0.5, 0.6) is 0 Å². The normalized spacial score (nSPS) is 19.8. The van der Waals surface area contributed by atoms with Crippen LogP contribution in [0.25, 0.3) is 0 Å². The van der Waals surface area contributed by atoms with Crippen molar-refractivity contribution < 1.29 is 26.5 Å². The fourth-order valence-electron chi connectivity index (χ4n) is 1.38. The lowest BCUT2D eigenvalue weighted by molar-refractivity contribution is 0.398. The van der Waals surface area contributed by atoms with Gasteiger partial charge in [0.1, 0.15) is 16.5 Å². The molecule has 1 aliphatic heterocycles. The Morgan fingerprint density at radius 2 is 2.06 bits per heavy atom. The van der Waals surface area contributed by atoms with Gasteiger partial charge in [-0.25, -0.2) is 8.78 Å². The standard InChI is InChI=1S/C9H8F2O4S/c10-7-1-2-8(16(12,13)14)9(11)6(7)3-5-4-15-5/h1-2,5H,3-4H2,(H,12,13,14). The third kappa shape index (κ3) is 2.21. The molecule has 7 heteroatoms. The lowest BCUT2D eigenvalue weighted by Gasteiger charge is -2.06. The molecule has 16 heavy (non-hydrogen) atoms. The number of halogens is 2. The first-order valence-corrected chi connectivity index (χ1v) is 5.89. The maximum atomic E-state index is 13.6. The highest BCUT2D eigenvalue weighted by Crippen LogP contribution is 2.25. The minimum atomic E-state index is -4.67. The van der Waals surface area contributed by atoms with E-state index in [-0.39, 0.29) is 18.1 Å². The Kier molecular flexibility index (Phi) is 2.69. The van der Waals surface area contributed by atoms with Crippen molar-refractivity contribution in [2.45, 2.75) is 17.4 Å². The van der Waals surface area contributed by atoms with Gasteiger partial charge in [0, 0.05) is 12.0 Å². The predicted octanol–water partition coefficient (Wildman–Crippen LogP) is 1.15. The van der Waals surface area contributed by atoms with Crippen LogP contribution < -0.4 is 0 Å². The second kappa shape index (κ2) is 3.76. The summed E-state index contributed by atoms with van der Waals surface area (Å²) < 4.78 is 61.9. The fraction of sp³-hybridized carbons (Fsp3) is 0.333. The Bertz CT molecular complexity index is 523. The Morgan fingerprint density at radius 3 is 2.56 bits per heavy atom. The first-order chi connectivity index (χ1) is 7.39. The molecule has 1 atom stereocenters. The average Bonchev–Trinajstić information content (AvgIpc) is 2.93. The lowest BCUT2D eigenvalue weighted by Crippen LogP contribution is -2.08. The molecule has 1 unspecified atom stereocenters. The maximum Gasteiger partial charge on any atom is 0.297 e. The van der Waals surface area contributed by atoms with E-state index in [2.05, 4.69) is 0 Å². The number of rotatable bonds is 3. The van der Waals surface area contributed by atoms with Crippen LogP contribution in [0, 0.1) is 11.6 Å². The Balaban J connectivity index is 2.49. The molecule has 0 bridgehead atoms. The topological polar surface area (TPSA) is 66.9 Å². The fourth-order valence-corrected chi connectivity index (χ4v) is 1.97. The molecular weight excluding hydrogens is 242 g/mol. The lowest BCUT2D eigenvalue weighted by atomic mass is 10.1. The second-order valence-corrected chi connectivity index (χ2v) is 4.86. The zero-order valence-corrected chi connectivity index (χ0v) is 8.80. The third-order valence-electron chi connectivity index (χ3n) is 2.26. The molecule has 1 heterocycles. The second-order valence-electron chi connectivity index (χ2n) is 3.47. The quantitative estimate of drug-likeness (QED) is 0.645. The summed E-state index contributed by atoms with van der Waals surface area (Å²) >= 11 is 0. The first kappa shape index (κ1) is 11.4. The van der Waals surface area contributed by atoms with Crippen molar-refractivity contribution >= 4 is 10.1 Å². The summed E-state index contributed by atoms with van der Waals surface area (Å²) in [5.41, 5.74) is -0.377. The summed E-state index contributed by atoms with van der Waals surface area (Å²) in [6.45, 7) is 0.398. The SMILES string of the molecule is O=S(=O)(O)c1ccc(F)c(CC2CO2)c1F. The molecule has 0 aliphatic carbocycles. The van der Waals surface area contributed by atoms with Gasteiger partial charge in [-0.3, -0.25) is 4.55 Å². The summed E-state index contributed by atoms with van der Waals surface area (Å²) in [6, 6.07) is 1.50. The number of ether oxygens (including phenoxy) is 1. The van der Waals surface area contributed by atoms with Gasteiger partial charge in [0.15, 0.2) is 0 Å². The van der Waals surface area contributed by atoms with Crippen molar-refractivity contribution in [3.63, 3.8) is 0 Å². The van der Waals surface area contributed by atoms with Crippen molar-refractivity contribution in [3.8, 4) is 0 Å². The monoisotopic (exact) mass is 250 g/mol. The highest BCUT2D eigenvalue weighted by molar-refractivity contribution is 7.85. The van der Waals surface area contributed by atoms with Crippen LogP contribution >= 0.6 is 0 Å². The molecule has 1 N–H and O–H groups in total.